The van der Waals surface area contributed by atoms with Crippen molar-refractivity contribution >= 4 is 11.9 Å². The summed E-state index contributed by atoms with van der Waals surface area (Å²) in [5.74, 6) is -2.21. The molecule has 0 bridgehead atoms. The van der Waals surface area contributed by atoms with E-state index < -0.39 is 42.1 Å². The fourth-order valence-electron chi connectivity index (χ4n) is 3.79. The SMILES string of the molecule is C=CC1(C)CC(OC(=O)C(=C)CO)C2C(=C)C(=O)OC2C1C(=C)CO. The van der Waals surface area contributed by atoms with Crippen molar-refractivity contribution in [1.29, 1.82) is 0 Å². The van der Waals surface area contributed by atoms with Crippen LogP contribution in [0.4, 0.5) is 0 Å². The van der Waals surface area contributed by atoms with Gasteiger partial charge in [0.05, 0.1) is 24.7 Å². The minimum Gasteiger partial charge on any atom is -0.458 e. The van der Waals surface area contributed by atoms with Crippen LogP contribution >= 0.6 is 0 Å². The van der Waals surface area contributed by atoms with E-state index in [0.29, 0.717) is 12.0 Å². The van der Waals surface area contributed by atoms with E-state index in [4.69, 9.17) is 14.6 Å². The Kier molecular flexibility index (Phi) is 5.34. The van der Waals surface area contributed by atoms with Crippen molar-refractivity contribution in [2.75, 3.05) is 13.2 Å². The minimum atomic E-state index is -0.732. The maximum absolute atomic E-state index is 12.1. The van der Waals surface area contributed by atoms with Crippen LogP contribution in [-0.4, -0.2) is 47.6 Å². The number of hydrogen-bond donors (Lipinski definition) is 2. The summed E-state index contributed by atoms with van der Waals surface area (Å²) in [5, 5.41) is 18.6. The van der Waals surface area contributed by atoms with Crippen molar-refractivity contribution in [3.63, 3.8) is 0 Å². The van der Waals surface area contributed by atoms with Crippen LogP contribution in [0.2, 0.25) is 0 Å². The average Bonchev–Trinajstić information content (AvgIpc) is 2.88. The fourth-order valence-corrected chi connectivity index (χ4v) is 3.79. The van der Waals surface area contributed by atoms with Gasteiger partial charge in [0.2, 0.25) is 0 Å². The molecular weight excluding hydrogens is 324 g/mol. The second kappa shape index (κ2) is 6.98. The normalized spacial score (nSPS) is 34.0. The second-order valence-electron chi connectivity index (χ2n) is 6.83. The Balaban J connectivity index is 2.43. The van der Waals surface area contributed by atoms with E-state index in [9.17, 15) is 14.7 Å². The summed E-state index contributed by atoms with van der Waals surface area (Å²) in [6.45, 7) is 16.1. The molecule has 6 heteroatoms. The maximum atomic E-state index is 12.1. The quantitative estimate of drug-likeness (QED) is 0.427. The molecule has 1 saturated heterocycles. The van der Waals surface area contributed by atoms with Gasteiger partial charge < -0.3 is 19.7 Å². The zero-order valence-corrected chi connectivity index (χ0v) is 14.4. The average molecular weight is 348 g/mol. The van der Waals surface area contributed by atoms with Crippen LogP contribution in [0.1, 0.15) is 13.3 Å². The summed E-state index contributed by atoms with van der Waals surface area (Å²) in [7, 11) is 0. The number of allylic oxidation sites excluding steroid dienone is 1. The number of aliphatic hydroxyl groups is 2. The Bertz CT molecular complexity index is 648. The van der Waals surface area contributed by atoms with Gasteiger partial charge in [0.15, 0.2) is 0 Å². The van der Waals surface area contributed by atoms with Crippen molar-refractivity contribution in [3.8, 4) is 0 Å². The standard InChI is InChI=1S/C19H24O6/c1-6-19(5)7-13(24-17(22)11(3)9-21)14-12(4)18(23)25-16(14)15(19)10(2)8-20/h6,13-16,20-21H,1-4,7-9H2,5H3. The van der Waals surface area contributed by atoms with E-state index in [1.54, 1.807) is 6.08 Å². The molecule has 1 heterocycles. The number of hydrogen-bond acceptors (Lipinski definition) is 6. The molecule has 0 radical (unpaired) electrons. The molecule has 25 heavy (non-hydrogen) atoms. The molecule has 2 N–H and O–H groups in total. The highest BCUT2D eigenvalue weighted by Crippen LogP contribution is 2.53. The third-order valence-electron chi connectivity index (χ3n) is 5.19. The van der Waals surface area contributed by atoms with Gasteiger partial charge in [-0.15, -0.1) is 6.58 Å². The molecule has 5 unspecified atom stereocenters. The molecule has 0 amide bonds. The van der Waals surface area contributed by atoms with Crippen LogP contribution in [0.25, 0.3) is 0 Å². The number of carbonyl (C=O) groups excluding carboxylic acids is 2. The molecule has 0 aromatic rings. The topological polar surface area (TPSA) is 93.1 Å². The van der Waals surface area contributed by atoms with Gasteiger partial charge in [0.25, 0.3) is 0 Å². The van der Waals surface area contributed by atoms with Gasteiger partial charge >= 0.3 is 11.9 Å². The number of rotatable bonds is 6. The molecule has 5 atom stereocenters. The predicted molar refractivity (Wildman–Crippen MR) is 91.3 cm³/mol. The maximum Gasteiger partial charge on any atom is 0.336 e. The Labute approximate surface area is 147 Å². The van der Waals surface area contributed by atoms with Crippen molar-refractivity contribution in [2.45, 2.75) is 25.6 Å². The minimum absolute atomic E-state index is 0.0744. The zero-order valence-electron chi connectivity index (χ0n) is 14.4. The second-order valence-corrected chi connectivity index (χ2v) is 6.83. The van der Waals surface area contributed by atoms with Crippen molar-refractivity contribution < 1.29 is 29.3 Å². The molecule has 1 saturated carbocycles. The van der Waals surface area contributed by atoms with Gasteiger partial charge in [-0.1, -0.05) is 32.7 Å². The molecule has 1 aliphatic carbocycles. The van der Waals surface area contributed by atoms with E-state index >= 15 is 0 Å². The summed E-state index contributed by atoms with van der Waals surface area (Å²) in [6.07, 6.45) is 0.703. The molecule has 2 rings (SSSR count). The first-order chi connectivity index (χ1) is 11.7. The number of fused-ring (bicyclic) bond motifs is 1. The Morgan fingerprint density at radius 1 is 1.40 bits per heavy atom. The highest BCUT2D eigenvalue weighted by molar-refractivity contribution is 5.92. The first kappa shape index (κ1) is 19.1. The molecular formula is C19H24O6. The summed E-state index contributed by atoms with van der Waals surface area (Å²) in [6, 6.07) is 0. The third kappa shape index (κ3) is 3.19. The molecule has 2 fully saturated rings. The third-order valence-corrected chi connectivity index (χ3v) is 5.19. The molecule has 0 spiro atoms. The Hall–Kier alpha value is -2.18. The summed E-state index contributed by atoms with van der Waals surface area (Å²) in [4.78, 5) is 24.1. The van der Waals surface area contributed by atoms with Crippen LogP contribution in [0.5, 0.6) is 0 Å². The van der Waals surface area contributed by atoms with E-state index in [0.717, 1.165) is 0 Å². The van der Waals surface area contributed by atoms with Gasteiger partial charge in [-0.3, -0.25) is 0 Å². The van der Waals surface area contributed by atoms with E-state index in [1.807, 2.05) is 6.92 Å². The zero-order chi connectivity index (χ0) is 18.9. The molecule has 136 valence electrons. The molecule has 2 aliphatic rings. The smallest absolute Gasteiger partial charge is 0.336 e. The van der Waals surface area contributed by atoms with Gasteiger partial charge in [0, 0.05) is 11.5 Å². The predicted octanol–water partition coefficient (Wildman–Crippen LogP) is 1.31. The monoisotopic (exact) mass is 348 g/mol. The highest BCUT2D eigenvalue weighted by atomic mass is 16.6. The summed E-state index contributed by atoms with van der Waals surface area (Å²) >= 11 is 0. The lowest BCUT2D eigenvalue weighted by Crippen LogP contribution is -2.52. The number of aliphatic hydroxyl groups excluding tert-OH is 2. The van der Waals surface area contributed by atoms with Gasteiger partial charge in [0.1, 0.15) is 12.2 Å². The Morgan fingerprint density at radius 3 is 2.56 bits per heavy atom. The lowest BCUT2D eigenvalue weighted by Gasteiger charge is -2.48. The van der Waals surface area contributed by atoms with Crippen LogP contribution < -0.4 is 0 Å². The van der Waals surface area contributed by atoms with Crippen LogP contribution in [-0.2, 0) is 19.1 Å². The largest absolute Gasteiger partial charge is 0.458 e. The first-order valence-corrected chi connectivity index (χ1v) is 8.01. The molecule has 0 aromatic carbocycles. The summed E-state index contributed by atoms with van der Waals surface area (Å²) in [5.41, 5.74) is 0.0514. The van der Waals surface area contributed by atoms with Crippen LogP contribution in [0, 0.1) is 17.3 Å². The van der Waals surface area contributed by atoms with Gasteiger partial charge in [-0.05, 0) is 17.4 Å². The molecule has 1 aliphatic heterocycles. The van der Waals surface area contributed by atoms with Crippen molar-refractivity contribution in [1.82, 2.24) is 0 Å². The van der Waals surface area contributed by atoms with Crippen LogP contribution in [0.15, 0.2) is 49.1 Å². The lowest BCUT2D eigenvalue weighted by molar-refractivity contribution is -0.159. The van der Waals surface area contributed by atoms with Crippen molar-refractivity contribution in [3.05, 3.63) is 49.1 Å². The van der Waals surface area contributed by atoms with Crippen molar-refractivity contribution in [2.24, 2.45) is 17.3 Å². The molecule has 6 nitrogen and oxygen atoms in total. The molecule has 0 aromatic heterocycles. The summed E-state index contributed by atoms with van der Waals surface area (Å²) < 4.78 is 11.0. The van der Waals surface area contributed by atoms with E-state index in [2.05, 4.69) is 26.3 Å². The van der Waals surface area contributed by atoms with Gasteiger partial charge in [-0.25, -0.2) is 9.59 Å². The van der Waals surface area contributed by atoms with Gasteiger partial charge in [-0.2, -0.15) is 0 Å². The van der Waals surface area contributed by atoms with E-state index in [1.165, 1.54) is 0 Å². The number of esters is 2. The van der Waals surface area contributed by atoms with Crippen LogP contribution in [0.3, 0.4) is 0 Å². The highest BCUT2D eigenvalue weighted by Gasteiger charge is 2.58. The lowest BCUT2D eigenvalue weighted by atomic mass is 9.59. The first-order valence-electron chi connectivity index (χ1n) is 8.01. The fraction of sp³-hybridized carbons (Fsp3) is 0.474. The Morgan fingerprint density at radius 2 is 2.04 bits per heavy atom. The van der Waals surface area contributed by atoms with E-state index in [-0.39, 0.29) is 23.7 Å². The number of ether oxygens (including phenoxy) is 2. The number of carbonyl (C=O) groups is 2.